The lowest BCUT2D eigenvalue weighted by Gasteiger charge is -2.48. The van der Waals surface area contributed by atoms with Crippen molar-refractivity contribution in [2.75, 3.05) is 50.9 Å². The Kier molecular flexibility index (Phi) is 4.10. The maximum atomic E-state index is 13.0. The van der Waals surface area contributed by atoms with Gasteiger partial charge in [0.1, 0.15) is 5.60 Å². The van der Waals surface area contributed by atoms with Crippen LogP contribution in [0.4, 0.5) is 5.69 Å². The first-order valence-electron chi connectivity index (χ1n) is 9.95. The zero-order valence-electron chi connectivity index (χ0n) is 15.5. The van der Waals surface area contributed by atoms with Gasteiger partial charge >= 0.3 is 0 Å². The van der Waals surface area contributed by atoms with Crippen molar-refractivity contribution in [3.05, 3.63) is 29.8 Å². The zero-order valence-corrected chi connectivity index (χ0v) is 15.5. The van der Waals surface area contributed by atoms with Crippen molar-refractivity contribution in [1.82, 2.24) is 4.90 Å². The van der Waals surface area contributed by atoms with E-state index in [0.29, 0.717) is 43.0 Å². The summed E-state index contributed by atoms with van der Waals surface area (Å²) in [5.41, 5.74) is 1.44. The highest BCUT2D eigenvalue weighted by atomic mass is 16.5. The van der Waals surface area contributed by atoms with Crippen LogP contribution in [-0.4, -0.2) is 62.4 Å². The molecule has 1 spiro atoms. The second kappa shape index (κ2) is 6.50. The number of ether oxygens (including phenoxy) is 2. The summed E-state index contributed by atoms with van der Waals surface area (Å²) in [4.78, 5) is 17.3. The Morgan fingerprint density at radius 1 is 1.22 bits per heavy atom. The predicted molar refractivity (Wildman–Crippen MR) is 99.2 cm³/mol. The summed E-state index contributed by atoms with van der Waals surface area (Å²) in [6.45, 7) is 5.21. The minimum atomic E-state index is -0.296. The number of benzene rings is 1. The molecule has 1 aromatic carbocycles. The van der Waals surface area contributed by atoms with Gasteiger partial charge in [0, 0.05) is 31.2 Å². The van der Waals surface area contributed by atoms with Crippen LogP contribution >= 0.6 is 0 Å². The Bertz CT molecular complexity index is 777. The summed E-state index contributed by atoms with van der Waals surface area (Å²) in [5.74, 6) is 1.39. The van der Waals surface area contributed by atoms with Gasteiger partial charge in [-0.05, 0) is 42.9 Å². The molecule has 1 amide bonds. The Labute approximate surface area is 159 Å². The number of amides is 1. The largest absolute Gasteiger partial charge is 0.381 e. The van der Waals surface area contributed by atoms with E-state index in [1.165, 1.54) is 0 Å². The van der Waals surface area contributed by atoms with E-state index in [1.807, 2.05) is 23.1 Å². The van der Waals surface area contributed by atoms with E-state index in [-0.39, 0.29) is 11.5 Å². The number of fused-ring (bicyclic) bond motifs is 1. The van der Waals surface area contributed by atoms with Crippen LogP contribution in [0.2, 0.25) is 0 Å². The third kappa shape index (κ3) is 2.99. The van der Waals surface area contributed by atoms with Crippen molar-refractivity contribution in [1.29, 1.82) is 5.26 Å². The predicted octanol–water partition coefficient (Wildman–Crippen LogP) is 1.65. The molecule has 5 rings (SSSR count). The first-order chi connectivity index (χ1) is 13.2. The van der Waals surface area contributed by atoms with Crippen LogP contribution in [0, 0.1) is 29.1 Å². The first-order valence-corrected chi connectivity index (χ1v) is 9.95. The Morgan fingerprint density at radius 3 is 2.89 bits per heavy atom. The van der Waals surface area contributed by atoms with E-state index >= 15 is 0 Å². The molecule has 3 aliphatic heterocycles. The molecule has 6 heteroatoms. The lowest BCUT2D eigenvalue weighted by Crippen LogP contribution is -2.61. The van der Waals surface area contributed by atoms with Gasteiger partial charge in [-0.3, -0.25) is 4.79 Å². The highest BCUT2D eigenvalue weighted by Gasteiger charge is 2.59. The molecule has 0 bridgehead atoms. The summed E-state index contributed by atoms with van der Waals surface area (Å²) in [6.07, 6.45) is 2.01. The Hall–Kier alpha value is -2.10. The highest BCUT2D eigenvalue weighted by molar-refractivity contribution is 5.82. The Morgan fingerprint density at radius 2 is 2.07 bits per heavy atom. The molecular formula is C21H25N3O3. The fourth-order valence-corrected chi connectivity index (χ4v) is 5.19. The van der Waals surface area contributed by atoms with Gasteiger partial charge in [-0.2, -0.15) is 5.26 Å². The lowest BCUT2D eigenvalue weighted by atomic mass is 9.90. The summed E-state index contributed by atoms with van der Waals surface area (Å²) in [5, 5.41) is 9.18. The molecule has 142 valence electrons. The highest BCUT2D eigenvalue weighted by Crippen LogP contribution is 2.51. The lowest BCUT2D eigenvalue weighted by molar-refractivity contribution is -0.154. The smallest absolute Gasteiger partial charge is 0.226 e. The molecule has 6 nitrogen and oxygen atoms in total. The number of morpholine rings is 1. The molecular weight excluding hydrogens is 342 g/mol. The molecule has 3 heterocycles. The van der Waals surface area contributed by atoms with Gasteiger partial charge in [0.2, 0.25) is 5.91 Å². The minimum absolute atomic E-state index is 0.181. The fraction of sp³-hybridized carbons (Fsp3) is 0.619. The van der Waals surface area contributed by atoms with Crippen molar-refractivity contribution in [2.24, 2.45) is 17.8 Å². The SMILES string of the molecule is N#Cc1cccc(N2CCCC3(CN(C(=O)C4[C@H]5COC[C@@H]45)CCO3)C2)c1. The van der Waals surface area contributed by atoms with E-state index < -0.39 is 0 Å². The molecule has 2 unspecified atom stereocenters. The molecule has 4 fully saturated rings. The minimum Gasteiger partial charge on any atom is -0.381 e. The third-order valence-electron chi connectivity index (χ3n) is 6.68. The average Bonchev–Trinajstić information content (AvgIpc) is 3.18. The molecule has 0 N–H and O–H groups in total. The number of hydrogen-bond donors (Lipinski definition) is 0. The topological polar surface area (TPSA) is 65.8 Å². The molecule has 3 saturated heterocycles. The van der Waals surface area contributed by atoms with Crippen molar-refractivity contribution in [3.63, 3.8) is 0 Å². The fourth-order valence-electron chi connectivity index (χ4n) is 5.19. The number of hydrogen-bond acceptors (Lipinski definition) is 5. The summed E-state index contributed by atoms with van der Waals surface area (Å²) < 4.78 is 11.7. The second-order valence-corrected chi connectivity index (χ2v) is 8.37. The van der Waals surface area contributed by atoms with Crippen LogP contribution in [0.1, 0.15) is 18.4 Å². The molecule has 1 aliphatic carbocycles. The number of rotatable bonds is 2. The molecule has 4 atom stereocenters. The number of piperidine rings is 1. The normalized spacial score (nSPS) is 35.0. The third-order valence-corrected chi connectivity index (χ3v) is 6.68. The van der Waals surface area contributed by atoms with Crippen molar-refractivity contribution < 1.29 is 14.3 Å². The second-order valence-electron chi connectivity index (χ2n) is 8.37. The maximum Gasteiger partial charge on any atom is 0.226 e. The van der Waals surface area contributed by atoms with Crippen molar-refractivity contribution >= 4 is 11.6 Å². The van der Waals surface area contributed by atoms with Crippen LogP contribution in [0.15, 0.2) is 24.3 Å². The molecule has 1 saturated carbocycles. The molecule has 0 aromatic heterocycles. The van der Waals surface area contributed by atoms with Gasteiger partial charge in [0.15, 0.2) is 0 Å². The van der Waals surface area contributed by atoms with E-state index in [2.05, 4.69) is 17.0 Å². The van der Waals surface area contributed by atoms with Gasteiger partial charge in [0.25, 0.3) is 0 Å². The molecule has 4 aliphatic rings. The summed E-state index contributed by atoms with van der Waals surface area (Å²) in [7, 11) is 0. The van der Waals surface area contributed by atoms with E-state index in [9.17, 15) is 10.1 Å². The van der Waals surface area contributed by atoms with Gasteiger partial charge in [-0.25, -0.2) is 0 Å². The molecule has 27 heavy (non-hydrogen) atoms. The Balaban J connectivity index is 1.30. The maximum absolute atomic E-state index is 13.0. The van der Waals surface area contributed by atoms with Crippen molar-refractivity contribution in [3.8, 4) is 6.07 Å². The van der Waals surface area contributed by atoms with Gasteiger partial charge in [0.05, 0.1) is 38.0 Å². The number of nitrogens with zero attached hydrogens (tertiary/aromatic N) is 3. The van der Waals surface area contributed by atoms with E-state index in [4.69, 9.17) is 9.47 Å². The van der Waals surface area contributed by atoms with Crippen LogP contribution < -0.4 is 4.90 Å². The zero-order chi connectivity index (χ0) is 18.4. The van der Waals surface area contributed by atoms with Gasteiger partial charge < -0.3 is 19.3 Å². The van der Waals surface area contributed by atoms with Crippen molar-refractivity contribution in [2.45, 2.75) is 18.4 Å². The number of anilines is 1. The monoisotopic (exact) mass is 367 g/mol. The van der Waals surface area contributed by atoms with Crippen LogP contribution in [0.5, 0.6) is 0 Å². The quantitative estimate of drug-likeness (QED) is 0.795. The summed E-state index contributed by atoms with van der Waals surface area (Å²) >= 11 is 0. The molecule has 0 radical (unpaired) electrons. The van der Waals surface area contributed by atoms with Gasteiger partial charge in [-0.1, -0.05) is 6.07 Å². The summed E-state index contributed by atoms with van der Waals surface area (Å²) in [6, 6.07) is 9.97. The first kappa shape index (κ1) is 17.0. The standard InChI is InChI=1S/C21H25N3O3/c22-10-15-3-1-4-16(9-15)23-6-2-5-21(13-23)14-24(7-8-27-21)20(25)19-17-11-26-12-18(17)19/h1,3-4,9,17-19H,2,5-8,11-14H2/t17-,18+,19?,21?. The van der Waals surface area contributed by atoms with E-state index in [1.54, 1.807) is 0 Å². The number of carbonyl (C=O) groups excluding carboxylic acids is 1. The van der Waals surface area contributed by atoms with Gasteiger partial charge in [-0.15, -0.1) is 0 Å². The van der Waals surface area contributed by atoms with Crippen LogP contribution in [0.3, 0.4) is 0 Å². The van der Waals surface area contributed by atoms with Crippen LogP contribution in [-0.2, 0) is 14.3 Å². The number of carbonyl (C=O) groups is 1. The molecule has 1 aromatic rings. The number of nitriles is 1. The van der Waals surface area contributed by atoms with Crippen LogP contribution in [0.25, 0.3) is 0 Å². The van der Waals surface area contributed by atoms with E-state index in [0.717, 1.165) is 44.8 Å². The average molecular weight is 367 g/mol.